The maximum atomic E-state index is 12.5. The van der Waals surface area contributed by atoms with Crippen LogP contribution < -0.4 is 5.63 Å². The van der Waals surface area contributed by atoms with E-state index in [4.69, 9.17) is 4.52 Å². The van der Waals surface area contributed by atoms with Gasteiger partial charge in [-0.15, -0.1) is 0 Å². The Kier molecular flexibility index (Phi) is 4.08. The smallest absolute Gasteiger partial charge is 0.339 e. The highest BCUT2D eigenvalue weighted by Gasteiger charge is 2.26. The number of hydrogen-bond acceptors (Lipinski definition) is 3. The SMILES string of the molecule is CCN(CC)C(=O)c1c(-c2ccccc2)n(C)oc1=O. The average Bonchev–Trinajstić information content (AvgIpc) is 2.75. The third-order valence-corrected chi connectivity index (χ3v) is 3.29. The van der Waals surface area contributed by atoms with Gasteiger partial charge in [0.1, 0.15) is 5.69 Å². The molecule has 2 aromatic rings. The number of carbonyl (C=O) groups is 1. The molecule has 5 nitrogen and oxygen atoms in total. The predicted octanol–water partition coefficient (Wildman–Crippen LogP) is 2.13. The molecule has 0 unspecified atom stereocenters. The second-order valence-corrected chi connectivity index (χ2v) is 4.44. The maximum absolute atomic E-state index is 12.5. The molecular weight excluding hydrogens is 256 g/mol. The summed E-state index contributed by atoms with van der Waals surface area (Å²) in [4.78, 5) is 26.1. The summed E-state index contributed by atoms with van der Waals surface area (Å²) in [7, 11) is 1.63. The quantitative estimate of drug-likeness (QED) is 0.858. The lowest BCUT2D eigenvalue weighted by atomic mass is 10.1. The van der Waals surface area contributed by atoms with Crippen LogP contribution in [0.3, 0.4) is 0 Å². The predicted molar refractivity (Wildman–Crippen MR) is 76.6 cm³/mol. The number of amides is 1. The fourth-order valence-electron chi connectivity index (χ4n) is 2.25. The number of rotatable bonds is 4. The van der Waals surface area contributed by atoms with Gasteiger partial charge in [0.25, 0.3) is 5.91 Å². The van der Waals surface area contributed by atoms with Gasteiger partial charge in [0.2, 0.25) is 0 Å². The normalized spacial score (nSPS) is 10.6. The zero-order chi connectivity index (χ0) is 14.7. The van der Waals surface area contributed by atoms with E-state index >= 15 is 0 Å². The van der Waals surface area contributed by atoms with Crippen LogP contribution in [0.4, 0.5) is 0 Å². The lowest BCUT2D eigenvalue weighted by molar-refractivity contribution is 0.0771. The largest absolute Gasteiger partial charge is 0.370 e. The first-order chi connectivity index (χ1) is 9.60. The van der Waals surface area contributed by atoms with Crippen LogP contribution in [0.25, 0.3) is 11.3 Å². The summed E-state index contributed by atoms with van der Waals surface area (Å²) in [5, 5.41) is 0. The van der Waals surface area contributed by atoms with Gasteiger partial charge in [-0.25, -0.2) is 9.53 Å². The Morgan fingerprint density at radius 1 is 1.20 bits per heavy atom. The average molecular weight is 274 g/mol. The van der Waals surface area contributed by atoms with Crippen molar-refractivity contribution in [3.8, 4) is 11.3 Å². The van der Waals surface area contributed by atoms with E-state index in [2.05, 4.69) is 0 Å². The van der Waals surface area contributed by atoms with Gasteiger partial charge in [0, 0.05) is 25.7 Å². The highest BCUT2D eigenvalue weighted by atomic mass is 16.5. The Labute approximate surface area is 117 Å². The van der Waals surface area contributed by atoms with E-state index in [0.29, 0.717) is 18.8 Å². The van der Waals surface area contributed by atoms with Crippen LogP contribution in [-0.4, -0.2) is 28.6 Å². The molecule has 0 saturated heterocycles. The third-order valence-electron chi connectivity index (χ3n) is 3.29. The van der Waals surface area contributed by atoms with Gasteiger partial charge in [-0.3, -0.25) is 4.79 Å². The van der Waals surface area contributed by atoms with Crippen molar-refractivity contribution in [1.82, 2.24) is 9.64 Å². The molecule has 0 atom stereocenters. The summed E-state index contributed by atoms with van der Waals surface area (Å²) in [5.41, 5.74) is 0.814. The first-order valence-electron chi connectivity index (χ1n) is 6.65. The monoisotopic (exact) mass is 274 g/mol. The number of hydrogen-bond donors (Lipinski definition) is 0. The van der Waals surface area contributed by atoms with Crippen molar-refractivity contribution >= 4 is 5.91 Å². The standard InChI is InChI=1S/C15H18N2O3/c1-4-17(5-2)14(18)12-13(16(3)20-15(12)19)11-9-7-6-8-10-11/h6-10H,4-5H2,1-3H3. The van der Waals surface area contributed by atoms with Crippen LogP contribution in [0.2, 0.25) is 0 Å². The maximum Gasteiger partial charge on any atom is 0.370 e. The molecule has 0 aliphatic heterocycles. The lowest BCUT2D eigenvalue weighted by Crippen LogP contribution is -2.33. The molecule has 0 fully saturated rings. The summed E-state index contributed by atoms with van der Waals surface area (Å²) in [5.74, 6) is -0.289. The van der Waals surface area contributed by atoms with Crippen molar-refractivity contribution in [1.29, 1.82) is 0 Å². The van der Waals surface area contributed by atoms with Crippen LogP contribution in [-0.2, 0) is 7.05 Å². The minimum atomic E-state index is -0.594. The topological polar surface area (TPSA) is 55.5 Å². The lowest BCUT2D eigenvalue weighted by Gasteiger charge is -2.17. The van der Waals surface area contributed by atoms with Gasteiger partial charge >= 0.3 is 5.63 Å². The molecular formula is C15H18N2O3. The third kappa shape index (κ3) is 2.39. The first kappa shape index (κ1) is 14.1. The van der Waals surface area contributed by atoms with Crippen molar-refractivity contribution < 1.29 is 9.32 Å². The Bertz CT molecular complexity index is 652. The van der Waals surface area contributed by atoms with Crippen LogP contribution in [0.5, 0.6) is 0 Å². The van der Waals surface area contributed by atoms with Crippen molar-refractivity contribution in [2.24, 2.45) is 7.05 Å². The molecule has 2 rings (SSSR count). The fraction of sp³-hybridized carbons (Fsp3) is 0.333. The Morgan fingerprint density at radius 3 is 2.35 bits per heavy atom. The van der Waals surface area contributed by atoms with E-state index in [1.807, 2.05) is 44.2 Å². The molecule has 5 heteroatoms. The van der Waals surface area contributed by atoms with Crippen molar-refractivity contribution in [3.63, 3.8) is 0 Å². The zero-order valence-electron chi connectivity index (χ0n) is 11.9. The number of aryl methyl sites for hydroxylation is 1. The van der Waals surface area contributed by atoms with Crippen molar-refractivity contribution in [2.75, 3.05) is 13.1 Å². The molecule has 0 bridgehead atoms. The Morgan fingerprint density at radius 2 is 1.80 bits per heavy atom. The Balaban J connectivity index is 2.60. The first-order valence-corrected chi connectivity index (χ1v) is 6.65. The number of aromatic nitrogens is 1. The zero-order valence-corrected chi connectivity index (χ0v) is 11.9. The van der Waals surface area contributed by atoms with E-state index in [9.17, 15) is 9.59 Å². The van der Waals surface area contributed by atoms with Gasteiger partial charge in [-0.05, 0) is 13.8 Å². The van der Waals surface area contributed by atoms with E-state index in [0.717, 1.165) is 5.56 Å². The van der Waals surface area contributed by atoms with Gasteiger partial charge in [0.15, 0.2) is 5.56 Å². The molecule has 1 aromatic heterocycles. The van der Waals surface area contributed by atoms with E-state index < -0.39 is 5.63 Å². The summed E-state index contributed by atoms with van der Waals surface area (Å²) < 4.78 is 6.43. The molecule has 0 saturated carbocycles. The summed E-state index contributed by atoms with van der Waals surface area (Å²) in [6.07, 6.45) is 0. The van der Waals surface area contributed by atoms with Crippen LogP contribution >= 0.6 is 0 Å². The van der Waals surface area contributed by atoms with E-state index in [1.165, 1.54) is 4.74 Å². The number of benzene rings is 1. The highest BCUT2D eigenvalue weighted by Crippen LogP contribution is 2.22. The summed E-state index contributed by atoms with van der Waals surface area (Å²) in [6, 6.07) is 9.30. The number of nitrogens with zero attached hydrogens (tertiary/aromatic N) is 2. The van der Waals surface area contributed by atoms with Gasteiger partial charge in [-0.1, -0.05) is 30.3 Å². The van der Waals surface area contributed by atoms with Crippen molar-refractivity contribution in [3.05, 3.63) is 46.3 Å². The van der Waals surface area contributed by atoms with Crippen LogP contribution in [0.1, 0.15) is 24.2 Å². The van der Waals surface area contributed by atoms with E-state index in [1.54, 1.807) is 11.9 Å². The van der Waals surface area contributed by atoms with Crippen LogP contribution in [0.15, 0.2) is 39.6 Å². The molecule has 0 aliphatic rings. The van der Waals surface area contributed by atoms with Gasteiger partial charge < -0.3 is 9.42 Å². The summed E-state index contributed by atoms with van der Waals surface area (Å²) in [6.45, 7) is 4.87. The minimum Gasteiger partial charge on any atom is -0.339 e. The molecule has 0 N–H and O–H groups in total. The molecule has 0 aliphatic carbocycles. The van der Waals surface area contributed by atoms with Gasteiger partial charge in [0.05, 0.1) is 0 Å². The molecule has 1 amide bonds. The second-order valence-electron chi connectivity index (χ2n) is 4.44. The molecule has 0 spiro atoms. The van der Waals surface area contributed by atoms with Crippen molar-refractivity contribution in [2.45, 2.75) is 13.8 Å². The van der Waals surface area contributed by atoms with Gasteiger partial charge in [-0.2, -0.15) is 0 Å². The molecule has 106 valence electrons. The molecule has 20 heavy (non-hydrogen) atoms. The molecule has 1 heterocycles. The number of carbonyl (C=O) groups excluding carboxylic acids is 1. The fourth-order valence-corrected chi connectivity index (χ4v) is 2.25. The Hall–Kier alpha value is -2.30. The minimum absolute atomic E-state index is 0.0994. The van der Waals surface area contributed by atoms with Crippen LogP contribution in [0, 0.1) is 0 Å². The van der Waals surface area contributed by atoms with E-state index in [-0.39, 0.29) is 11.5 Å². The second kappa shape index (κ2) is 5.77. The highest BCUT2D eigenvalue weighted by molar-refractivity contribution is 5.99. The molecule has 0 radical (unpaired) electrons. The summed E-state index contributed by atoms with van der Waals surface area (Å²) >= 11 is 0. The molecule has 1 aromatic carbocycles.